The zero-order valence-electron chi connectivity index (χ0n) is 11.9. The monoisotopic (exact) mass is 309 g/mol. The van der Waals surface area contributed by atoms with E-state index >= 15 is 0 Å². The van der Waals surface area contributed by atoms with E-state index in [-0.39, 0.29) is 11.5 Å². The maximum Gasteiger partial charge on any atom is 0.261 e. The number of anilines is 1. The highest BCUT2D eigenvalue weighted by molar-refractivity contribution is 7.92. The first-order valence-corrected chi connectivity index (χ1v) is 8.28. The molecule has 0 spiro atoms. The number of aromatic nitrogens is 2. The SMILES string of the molecule is CCn1cc(NS(=O)(=O)c2ccc(CCCO)cc2)cn1. The number of nitrogens with one attached hydrogen (secondary N) is 1. The first kappa shape index (κ1) is 15.5. The maximum absolute atomic E-state index is 12.2. The van der Waals surface area contributed by atoms with Crippen molar-refractivity contribution in [3.8, 4) is 0 Å². The Morgan fingerprint density at radius 1 is 1.29 bits per heavy atom. The van der Waals surface area contributed by atoms with Crippen LogP contribution in [0, 0.1) is 0 Å². The lowest BCUT2D eigenvalue weighted by molar-refractivity contribution is 0.288. The molecule has 0 fully saturated rings. The average molecular weight is 309 g/mol. The fourth-order valence-corrected chi connectivity index (χ4v) is 2.95. The molecule has 6 nitrogen and oxygen atoms in total. The van der Waals surface area contributed by atoms with E-state index in [9.17, 15) is 8.42 Å². The van der Waals surface area contributed by atoms with Gasteiger partial charge in [-0.15, -0.1) is 0 Å². The number of aliphatic hydroxyl groups excluding tert-OH is 1. The van der Waals surface area contributed by atoms with Gasteiger partial charge in [-0.25, -0.2) is 8.42 Å². The van der Waals surface area contributed by atoms with Crippen molar-refractivity contribution in [3.63, 3.8) is 0 Å². The Hall–Kier alpha value is -1.86. The minimum absolute atomic E-state index is 0.128. The van der Waals surface area contributed by atoms with E-state index in [0.717, 1.165) is 12.0 Å². The molecule has 21 heavy (non-hydrogen) atoms. The predicted molar refractivity (Wildman–Crippen MR) is 80.6 cm³/mol. The molecule has 2 rings (SSSR count). The molecule has 7 heteroatoms. The number of sulfonamides is 1. The second kappa shape index (κ2) is 6.73. The molecule has 0 radical (unpaired) electrons. The Balaban J connectivity index is 2.11. The summed E-state index contributed by atoms with van der Waals surface area (Å²) in [5.74, 6) is 0. The zero-order valence-corrected chi connectivity index (χ0v) is 12.7. The highest BCUT2D eigenvalue weighted by atomic mass is 32.2. The van der Waals surface area contributed by atoms with Gasteiger partial charge in [-0.2, -0.15) is 5.10 Å². The van der Waals surface area contributed by atoms with Crippen molar-refractivity contribution in [1.29, 1.82) is 0 Å². The fourth-order valence-electron chi connectivity index (χ4n) is 1.92. The molecular formula is C14H19N3O3S. The van der Waals surface area contributed by atoms with Crippen LogP contribution in [0.2, 0.25) is 0 Å². The van der Waals surface area contributed by atoms with Crippen molar-refractivity contribution in [2.45, 2.75) is 31.2 Å². The Morgan fingerprint density at radius 2 is 2.00 bits per heavy atom. The van der Waals surface area contributed by atoms with E-state index < -0.39 is 10.0 Å². The van der Waals surface area contributed by atoms with Gasteiger partial charge >= 0.3 is 0 Å². The summed E-state index contributed by atoms with van der Waals surface area (Å²) in [6.07, 6.45) is 4.53. The van der Waals surface area contributed by atoms with Gasteiger partial charge in [0.2, 0.25) is 0 Å². The van der Waals surface area contributed by atoms with Gasteiger partial charge in [0, 0.05) is 19.3 Å². The number of nitrogens with zero attached hydrogens (tertiary/aromatic N) is 2. The van der Waals surface area contributed by atoms with Crippen LogP contribution in [0.3, 0.4) is 0 Å². The van der Waals surface area contributed by atoms with E-state index in [4.69, 9.17) is 5.11 Å². The second-order valence-electron chi connectivity index (χ2n) is 4.66. The normalized spacial score (nSPS) is 11.5. The number of rotatable bonds is 7. The summed E-state index contributed by atoms with van der Waals surface area (Å²) in [6.45, 7) is 2.74. The second-order valence-corrected chi connectivity index (χ2v) is 6.34. The molecule has 1 heterocycles. The summed E-state index contributed by atoms with van der Waals surface area (Å²) < 4.78 is 28.6. The Kier molecular flexibility index (Phi) is 4.98. The van der Waals surface area contributed by atoms with Gasteiger partial charge in [0.05, 0.1) is 16.8 Å². The summed E-state index contributed by atoms with van der Waals surface area (Å²) in [4.78, 5) is 0.208. The molecule has 1 aromatic heterocycles. The number of benzene rings is 1. The molecule has 0 aliphatic rings. The van der Waals surface area contributed by atoms with Gasteiger partial charge < -0.3 is 5.11 Å². The zero-order chi connectivity index (χ0) is 15.3. The first-order chi connectivity index (χ1) is 10.0. The predicted octanol–water partition coefficient (Wildman–Crippen LogP) is 1.63. The number of hydrogen-bond donors (Lipinski definition) is 2. The first-order valence-electron chi connectivity index (χ1n) is 6.80. The molecule has 2 aromatic rings. The van der Waals surface area contributed by atoms with Gasteiger partial charge in [0.15, 0.2) is 0 Å². The van der Waals surface area contributed by atoms with Crippen LogP contribution in [0.15, 0.2) is 41.6 Å². The standard InChI is InChI=1S/C14H19N3O3S/c1-2-17-11-13(10-15-17)16-21(19,20)14-7-5-12(6-8-14)4-3-9-18/h5-8,10-11,16,18H,2-4,9H2,1H3. The van der Waals surface area contributed by atoms with E-state index in [0.29, 0.717) is 18.7 Å². The topological polar surface area (TPSA) is 84.2 Å². The summed E-state index contributed by atoms with van der Waals surface area (Å²) in [6, 6.07) is 6.66. The third-order valence-corrected chi connectivity index (χ3v) is 4.46. The van der Waals surface area contributed by atoms with Crippen LogP contribution in [-0.4, -0.2) is 29.9 Å². The number of aryl methyl sites for hydroxylation is 2. The van der Waals surface area contributed by atoms with Crippen LogP contribution >= 0.6 is 0 Å². The Bertz CT molecular complexity index is 678. The highest BCUT2D eigenvalue weighted by Crippen LogP contribution is 2.16. The van der Waals surface area contributed by atoms with Crippen molar-refractivity contribution in [2.24, 2.45) is 0 Å². The van der Waals surface area contributed by atoms with E-state index in [1.165, 1.54) is 6.20 Å². The molecule has 0 unspecified atom stereocenters. The van der Waals surface area contributed by atoms with Crippen LogP contribution in [0.1, 0.15) is 18.9 Å². The van der Waals surface area contributed by atoms with Crippen LogP contribution in [0.4, 0.5) is 5.69 Å². The fraction of sp³-hybridized carbons (Fsp3) is 0.357. The number of aliphatic hydroxyl groups is 1. The maximum atomic E-state index is 12.2. The van der Waals surface area contributed by atoms with Crippen molar-refractivity contribution in [3.05, 3.63) is 42.2 Å². The molecular weight excluding hydrogens is 290 g/mol. The molecule has 0 atom stereocenters. The summed E-state index contributed by atoms with van der Waals surface area (Å²) >= 11 is 0. The summed E-state index contributed by atoms with van der Waals surface area (Å²) in [7, 11) is -3.60. The van der Waals surface area contributed by atoms with Crippen LogP contribution < -0.4 is 4.72 Å². The Labute approximate surface area is 124 Å². The minimum Gasteiger partial charge on any atom is -0.396 e. The summed E-state index contributed by atoms with van der Waals surface area (Å²) in [5, 5.41) is 12.8. The minimum atomic E-state index is -3.60. The average Bonchev–Trinajstić information content (AvgIpc) is 2.92. The van der Waals surface area contributed by atoms with E-state index in [1.807, 2.05) is 6.92 Å². The van der Waals surface area contributed by atoms with Gasteiger partial charge in [-0.05, 0) is 37.5 Å². The van der Waals surface area contributed by atoms with Crippen molar-refractivity contribution < 1.29 is 13.5 Å². The van der Waals surface area contributed by atoms with Gasteiger partial charge in [-0.1, -0.05) is 12.1 Å². The molecule has 0 aliphatic carbocycles. The molecule has 1 aromatic carbocycles. The molecule has 0 amide bonds. The van der Waals surface area contributed by atoms with E-state index in [2.05, 4.69) is 9.82 Å². The van der Waals surface area contributed by atoms with Crippen molar-refractivity contribution >= 4 is 15.7 Å². The third-order valence-electron chi connectivity index (χ3n) is 3.07. The Morgan fingerprint density at radius 3 is 2.57 bits per heavy atom. The largest absolute Gasteiger partial charge is 0.396 e. The molecule has 0 saturated carbocycles. The molecule has 2 N–H and O–H groups in total. The lowest BCUT2D eigenvalue weighted by Crippen LogP contribution is -2.12. The van der Waals surface area contributed by atoms with Crippen molar-refractivity contribution in [1.82, 2.24) is 9.78 Å². The molecule has 0 saturated heterocycles. The quantitative estimate of drug-likeness (QED) is 0.814. The van der Waals surface area contributed by atoms with E-state index in [1.54, 1.807) is 35.1 Å². The van der Waals surface area contributed by atoms with Gasteiger partial charge in [0.1, 0.15) is 0 Å². The highest BCUT2D eigenvalue weighted by Gasteiger charge is 2.14. The summed E-state index contributed by atoms with van der Waals surface area (Å²) in [5.41, 5.74) is 1.45. The van der Waals surface area contributed by atoms with Gasteiger partial charge in [0.25, 0.3) is 10.0 Å². The lowest BCUT2D eigenvalue weighted by Gasteiger charge is -2.07. The smallest absolute Gasteiger partial charge is 0.261 e. The van der Waals surface area contributed by atoms with Crippen LogP contribution in [0.5, 0.6) is 0 Å². The molecule has 114 valence electrons. The third kappa shape index (κ3) is 4.05. The van der Waals surface area contributed by atoms with Crippen LogP contribution in [0.25, 0.3) is 0 Å². The molecule has 0 bridgehead atoms. The van der Waals surface area contributed by atoms with Crippen LogP contribution in [-0.2, 0) is 23.0 Å². The lowest BCUT2D eigenvalue weighted by atomic mass is 10.1. The number of hydrogen-bond acceptors (Lipinski definition) is 4. The van der Waals surface area contributed by atoms with Gasteiger partial charge in [-0.3, -0.25) is 9.40 Å². The molecule has 0 aliphatic heterocycles. The van der Waals surface area contributed by atoms with Crippen molar-refractivity contribution in [2.75, 3.05) is 11.3 Å².